The van der Waals surface area contributed by atoms with Gasteiger partial charge in [-0.3, -0.25) is 14.9 Å². The van der Waals surface area contributed by atoms with Crippen LogP contribution in [0, 0.1) is 10.1 Å². The lowest BCUT2D eigenvalue weighted by Crippen LogP contribution is -2.37. The van der Waals surface area contributed by atoms with Gasteiger partial charge in [0.05, 0.1) is 30.2 Å². The van der Waals surface area contributed by atoms with Crippen LogP contribution < -0.4 is 10.2 Å². The van der Waals surface area contributed by atoms with Crippen molar-refractivity contribution in [3.05, 3.63) is 58.3 Å². The number of benzene rings is 1. The van der Waals surface area contributed by atoms with Crippen molar-refractivity contribution in [2.75, 3.05) is 36.5 Å². The summed E-state index contributed by atoms with van der Waals surface area (Å²) in [7, 11) is 0. The molecule has 2 aromatic rings. The van der Waals surface area contributed by atoms with E-state index < -0.39 is 4.92 Å². The second kappa shape index (κ2) is 7.71. The molecule has 3 rings (SSSR count). The fourth-order valence-corrected chi connectivity index (χ4v) is 2.64. The number of non-ortho nitro benzene ring substituents is 1. The molecule has 0 saturated carbocycles. The number of nitro groups is 1. The fraction of sp³-hybridized carbons (Fsp3) is 0.294. The topological polar surface area (TPSA) is 97.6 Å². The first-order chi connectivity index (χ1) is 12.1. The van der Waals surface area contributed by atoms with Crippen LogP contribution in [0.4, 0.5) is 17.2 Å². The fourth-order valence-electron chi connectivity index (χ4n) is 2.64. The monoisotopic (exact) mass is 342 g/mol. The molecule has 1 amide bonds. The molecule has 8 heteroatoms. The molecule has 1 fully saturated rings. The van der Waals surface area contributed by atoms with E-state index in [0.29, 0.717) is 24.5 Å². The van der Waals surface area contributed by atoms with Crippen molar-refractivity contribution in [2.24, 2.45) is 0 Å². The van der Waals surface area contributed by atoms with Gasteiger partial charge < -0.3 is 15.0 Å². The van der Waals surface area contributed by atoms with Gasteiger partial charge in [-0.15, -0.1) is 0 Å². The van der Waals surface area contributed by atoms with E-state index in [1.807, 2.05) is 6.07 Å². The summed E-state index contributed by atoms with van der Waals surface area (Å²) in [6.07, 6.45) is 1.83. The summed E-state index contributed by atoms with van der Waals surface area (Å²) in [6, 6.07) is 9.54. The summed E-state index contributed by atoms with van der Waals surface area (Å²) < 4.78 is 5.34. The van der Waals surface area contributed by atoms with Crippen LogP contribution in [0.2, 0.25) is 0 Å². The normalized spacial score (nSPS) is 14.2. The smallest absolute Gasteiger partial charge is 0.269 e. The molecule has 0 aliphatic carbocycles. The number of nitrogens with one attached hydrogen (secondary N) is 1. The first-order valence-corrected chi connectivity index (χ1v) is 7.94. The number of nitrogens with zero attached hydrogens (tertiary/aromatic N) is 3. The van der Waals surface area contributed by atoms with Gasteiger partial charge in [0.15, 0.2) is 5.82 Å². The number of ether oxygens (including phenoxy) is 1. The van der Waals surface area contributed by atoms with Crippen LogP contribution in [0.25, 0.3) is 0 Å². The van der Waals surface area contributed by atoms with E-state index in [9.17, 15) is 14.9 Å². The number of morpholine rings is 1. The molecule has 2 heterocycles. The quantitative estimate of drug-likeness (QED) is 0.659. The number of carbonyl (C=O) groups is 1. The van der Waals surface area contributed by atoms with E-state index >= 15 is 0 Å². The van der Waals surface area contributed by atoms with E-state index in [-0.39, 0.29) is 18.0 Å². The first kappa shape index (κ1) is 16.8. The minimum absolute atomic E-state index is 0.00558. The predicted molar refractivity (Wildman–Crippen MR) is 92.7 cm³/mol. The lowest BCUT2D eigenvalue weighted by Gasteiger charge is -2.29. The van der Waals surface area contributed by atoms with Crippen molar-refractivity contribution < 1.29 is 14.5 Å². The highest BCUT2D eigenvalue weighted by atomic mass is 16.6. The Kier molecular flexibility index (Phi) is 5.20. The molecular formula is C17H18N4O4. The Morgan fingerprint density at radius 1 is 1.24 bits per heavy atom. The second-order valence-electron chi connectivity index (χ2n) is 5.62. The molecule has 0 radical (unpaired) electrons. The van der Waals surface area contributed by atoms with Gasteiger partial charge in [-0.25, -0.2) is 4.98 Å². The lowest BCUT2D eigenvalue weighted by molar-refractivity contribution is -0.384. The molecule has 8 nitrogen and oxygen atoms in total. The van der Waals surface area contributed by atoms with E-state index in [2.05, 4.69) is 15.2 Å². The van der Waals surface area contributed by atoms with Crippen molar-refractivity contribution >= 4 is 23.1 Å². The Balaban J connectivity index is 1.67. The van der Waals surface area contributed by atoms with E-state index in [1.54, 1.807) is 24.4 Å². The van der Waals surface area contributed by atoms with Gasteiger partial charge in [0, 0.05) is 31.4 Å². The molecular weight excluding hydrogens is 324 g/mol. The zero-order chi connectivity index (χ0) is 17.6. The third-order valence-electron chi connectivity index (χ3n) is 3.88. The van der Waals surface area contributed by atoms with Gasteiger partial charge in [0.25, 0.3) is 5.69 Å². The van der Waals surface area contributed by atoms with Crippen LogP contribution in [-0.2, 0) is 16.0 Å². The SMILES string of the molecule is O=C(Cc1ccc([N+](=O)[O-])cc1)Nc1cccnc1N1CCOCC1. The number of aromatic nitrogens is 1. The van der Waals surface area contributed by atoms with Crippen LogP contribution >= 0.6 is 0 Å². The molecule has 1 saturated heterocycles. The maximum Gasteiger partial charge on any atom is 0.269 e. The van der Waals surface area contributed by atoms with Crippen LogP contribution in [-0.4, -0.2) is 42.1 Å². The molecule has 1 N–H and O–H groups in total. The van der Waals surface area contributed by atoms with Gasteiger partial charge in [0.1, 0.15) is 0 Å². The average Bonchev–Trinajstić information content (AvgIpc) is 2.63. The summed E-state index contributed by atoms with van der Waals surface area (Å²) in [5, 5.41) is 13.5. The van der Waals surface area contributed by atoms with Crippen molar-refractivity contribution in [1.29, 1.82) is 0 Å². The van der Waals surface area contributed by atoms with Gasteiger partial charge in [0.2, 0.25) is 5.91 Å². The zero-order valence-electron chi connectivity index (χ0n) is 13.6. The van der Waals surface area contributed by atoms with Gasteiger partial charge in [-0.1, -0.05) is 12.1 Å². The lowest BCUT2D eigenvalue weighted by atomic mass is 10.1. The van der Waals surface area contributed by atoms with Crippen molar-refractivity contribution in [1.82, 2.24) is 4.98 Å². The molecule has 0 atom stereocenters. The molecule has 1 aromatic carbocycles. The summed E-state index contributed by atoms with van der Waals surface area (Å²) in [4.78, 5) is 29.0. The molecule has 1 aliphatic rings. The summed E-state index contributed by atoms with van der Waals surface area (Å²) in [5.41, 5.74) is 1.36. The maximum atomic E-state index is 12.3. The van der Waals surface area contributed by atoms with Crippen LogP contribution in [0.15, 0.2) is 42.6 Å². The standard InChI is InChI=1S/C17H18N4O4/c22-16(12-13-3-5-14(6-4-13)21(23)24)19-15-2-1-7-18-17(15)20-8-10-25-11-9-20/h1-7H,8-12H2,(H,19,22). The molecule has 130 valence electrons. The van der Waals surface area contributed by atoms with Crippen molar-refractivity contribution in [3.63, 3.8) is 0 Å². The second-order valence-corrected chi connectivity index (χ2v) is 5.62. The van der Waals surface area contributed by atoms with Crippen molar-refractivity contribution in [3.8, 4) is 0 Å². The molecule has 0 spiro atoms. The van der Waals surface area contributed by atoms with Crippen molar-refractivity contribution in [2.45, 2.75) is 6.42 Å². The molecule has 0 unspecified atom stereocenters. The van der Waals surface area contributed by atoms with Gasteiger partial charge in [-0.05, 0) is 17.7 Å². The molecule has 1 aliphatic heterocycles. The third kappa shape index (κ3) is 4.30. The Labute approximate surface area is 144 Å². The maximum absolute atomic E-state index is 12.3. The highest BCUT2D eigenvalue weighted by Crippen LogP contribution is 2.23. The Hall–Kier alpha value is -3.00. The first-order valence-electron chi connectivity index (χ1n) is 7.94. The Morgan fingerprint density at radius 3 is 2.64 bits per heavy atom. The number of carbonyl (C=O) groups excluding carboxylic acids is 1. The average molecular weight is 342 g/mol. The summed E-state index contributed by atoms with van der Waals surface area (Å²) in [5.74, 6) is 0.527. The minimum atomic E-state index is -0.464. The van der Waals surface area contributed by atoms with E-state index in [4.69, 9.17) is 4.74 Å². The molecule has 0 bridgehead atoms. The van der Waals surface area contributed by atoms with E-state index in [1.165, 1.54) is 12.1 Å². The van der Waals surface area contributed by atoms with Crippen LogP contribution in [0.1, 0.15) is 5.56 Å². The van der Waals surface area contributed by atoms with Gasteiger partial charge >= 0.3 is 0 Å². The summed E-state index contributed by atoms with van der Waals surface area (Å²) >= 11 is 0. The molecule has 25 heavy (non-hydrogen) atoms. The Morgan fingerprint density at radius 2 is 1.96 bits per heavy atom. The number of nitro benzene ring substituents is 1. The minimum Gasteiger partial charge on any atom is -0.378 e. The van der Waals surface area contributed by atoms with Crippen LogP contribution in [0.5, 0.6) is 0 Å². The number of pyridine rings is 1. The number of hydrogen-bond donors (Lipinski definition) is 1. The highest BCUT2D eigenvalue weighted by Gasteiger charge is 2.17. The zero-order valence-corrected chi connectivity index (χ0v) is 13.6. The van der Waals surface area contributed by atoms with Crippen LogP contribution in [0.3, 0.4) is 0 Å². The number of amides is 1. The number of rotatable bonds is 5. The predicted octanol–water partition coefficient (Wildman–Crippen LogP) is 2.01. The molecule has 1 aromatic heterocycles. The van der Waals surface area contributed by atoms with Gasteiger partial charge in [-0.2, -0.15) is 0 Å². The Bertz CT molecular complexity index is 757. The third-order valence-corrected chi connectivity index (χ3v) is 3.88. The summed E-state index contributed by atoms with van der Waals surface area (Å²) in [6.45, 7) is 2.71. The number of anilines is 2. The largest absolute Gasteiger partial charge is 0.378 e. The van der Waals surface area contributed by atoms with E-state index in [0.717, 1.165) is 18.9 Å². The highest BCUT2D eigenvalue weighted by molar-refractivity contribution is 5.94. The number of hydrogen-bond acceptors (Lipinski definition) is 6.